The maximum absolute atomic E-state index is 13.9. The second kappa shape index (κ2) is 11.5. The molecule has 7 rings (SSSR count). The van der Waals surface area contributed by atoms with Gasteiger partial charge in [-0.1, -0.05) is 21.7 Å². The lowest BCUT2D eigenvalue weighted by atomic mass is 9.99. The van der Waals surface area contributed by atoms with Crippen LogP contribution in [-0.2, 0) is 28.9 Å². The summed E-state index contributed by atoms with van der Waals surface area (Å²) in [5.74, 6) is 0. The molecule has 0 amide bonds. The molecule has 0 unspecified atom stereocenters. The van der Waals surface area contributed by atoms with E-state index in [9.17, 15) is 32.1 Å². The second-order valence-corrected chi connectivity index (χ2v) is 13.2. The first-order chi connectivity index (χ1) is 22.4. The van der Waals surface area contributed by atoms with E-state index in [0.717, 1.165) is 18.2 Å². The highest BCUT2D eigenvalue weighted by atomic mass is 35.5. The first kappa shape index (κ1) is 31.4. The van der Waals surface area contributed by atoms with Crippen molar-refractivity contribution in [3.63, 3.8) is 0 Å². The topological polar surface area (TPSA) is 226 Å². The highest BCUT2D eigenvalue weighted by Gasteiger charge is 2.24. The zero-order chi connectivity index (χ0) is 33.4. The Balaban J connectivity index is 1.67. The van der Waals surface area contributed by atoms with Crippen molar-refractivity contribution in [1.29, 1.82) is 0 Å². The van der Waals surface area contributed by atoms with Crippen LogP contribution in [0, 0.1) is 0 Å². The summed E-state index contributed by atoms with van der Waals surface area (Å²) >= 11 is 7.53. The molecule has 1 heterocycles. The third-order valence-electron chi connectivity index (χ3n) is 7.43. The summed E-state index contributed by atoms with van der Waals surface area (Å²) in [7, 11) is -4.75. The number of fused-ring (bicyclic) bond motifs is 8. The van der Waals surface area contributed by atoms with Gasteiger partial charge in [-0.25, -0.2) is 20.5 Å². The largest absolute Gasteiger partial charge is 0.294 e. The molecule has 236 valence electrons. The van der Waals surface area contributed by atoms with E-state index in [4.69, 9.17) is 22.1 Å². The van der Waals surface area contributed by atoms with Gasteiger partial charge in [0.2, 0.25) is 0 Å². The van der Waals surface area contributed by atoms with Crippen LogP contribution in [0.2, 0.25) is 5.02 Å². The van der Waals surface area contributed by atoms with Gasteiger partial charge in [0.1, 0.15) is 22.1 Å². The third kappa shape index (κ3) is 4.94. The summed E-state index contributed by atoms with van der Waals surface area (Å²) in [4.78, 5) is 63.7. The maximum atomic E-state index is 13.9. The predicted octanol–water partition coefficient (Wildman–Crippen LogP) is 4.47. The number of rotatable bonds is 7. The minimum atomic E-state index is -4.75. The highest BCUT2D eigenvalue weighted by molar-refractivity contribution is 7.95. The molecule has 0 aliphatic carbocycles. The lowest BCUT2D eigenvalue weighted by Crippen LogP contribution is -2.16. The van der Waals surface area contributed by atoms with Crippen molar-refractivity contribution in [2.24, 2.45) is 0 Å². The summed E-state index contributed by atoms with van der Waals surface area (Å²) in [5.41, 5.74) is -3.45. The summed E-state index contributed by atoms with van der Waals surface area (Å²) in [6.07, 6.45) is 0. The van der Waals surface area contributed by atoms with Gasteiger partial charge in [-0.05, 0) is 48.5 Å². The molecule has 0 saturated heterocycles. The van der Waals surface area contributed by atoms with E-state index in [1.165, 1.54) is 30.3 Å². The van der Waals surface area contributed by atoms with Crippen molar-refractivity contribution < 1.29 is 42.2 Å². The first-order valence-corrected chi connectivity index (χ1v) is 16.0. The standard InChI is InChI=1S/C28H11ClN2O13S3/c29-17-7-15-19(27(34)13-5-9(45-43-41-36)1-3-11(13)25(15)32)23-21(17)30-24-20-16(8-18(22(24)31-23)46-44-42-37)26(33)12-4-2-10(47(38,39)40)6-14(12)28(20)35/h1-8,36-37H,(H,38,39,40). The average Bonchev–Trinajstić information content (AvgIpc) is 3.05. The van der Waals surface area contributed by atoms with Crippen LogP contribution in [0.15, 0.2) is 82.4 Å². The van der Waals surface area contributed by atoms with Crippen LogP contribution in [0.5, 0.6) is 0 Å². The minimum absolute atomic E-state index is 0.0232. The molecule has 0 spiro atoms. The molecule has 6 aromatic carbocycles. The summed E-state index contributed by atoms with van der Waals surface area (Å²) in [5, 5.41) is 23.3. The van der Waals surface area contributed by atoms with Gasteiger partial charge >= 0.3 is 0 Å². The van der Waals surface area contributed by atoms with Crippen molar-refractivity contribution in [2.45, 2.75) is 14.7 Å². The molecule has 19 heteroatoms. The Morgan fingerprint density at radius 2 is 1.17 bits per heavy atom. The third-order valence-corrected chi connectivity index (χ3v) is 9.76. The zero-order valence-corrected chi connectivity index (χ0v) is 25.7. The number of nitrogens with zero attached hydrogens (tertiary/aromatic N) is 2. The Morgan fingerprint density at radius 1 is 0.617 bits per heavy atom. The molecule has 7 aromatic rings. The van der Waals surface area contributed by atoms with Gasteiger partial charge in [0.05, 0.1) is 49.7 Å². The number of hydrogen-bond donors (Lipinski definition) is 3. The molecule has 0 aliphatic heterocycles. The smallest absolute Gasteiger partial charge is 0.289 e. The number of halogens is 1. The lowest BCUT2D eigenvalue weighted by molar-refractivity contribution is -0.432. The Morgan fingerprint density at radius 3 is 1.81 bits per heavy atom. The van der Waals surface area contributed by atoms with E-state index in [1.54, 1.807) is 0 Å². The SMILES string of the molecule is O=c1c2ccc(SOOO)cc2c(=O)c2c1cc(Cl)c1nc3c(nc12)c(SOOO)cc1c(=O)c2ccc(S(=O)(=O)O)cc2c(=O)c13. The van der Waals surface area contributed by atoms with Gasteiger partial charge in [-0.3, -0.25) is 23.7 Å². The molecule has 1 aromatic heterocycles. The van der Waals surface area contributed by atoms with Gasteiger partial charge in [0.25, 0.3) is 10.1 Å². The molecular formula is C28H11ClN2O13S3. The van der Waals surface area contributed by atoms with Gasteiger partial charge in [0, 0.05) is 37.2 Å². The van der Waals surface area contributed by atoms with Crippen LogP contribution in [0.4, 0.5) is 0 Å². The van der Waals surface area contributed by atoms with Crippen molar-refractivity contribution in [1.82, 2.24) is 9.97 Å². The molecule has 0 fully saturated rings. The molecular weight excluding hydrogens is 704 g/mol. The molecule has 0 bridgehead atoms. The van der Waals surface area contributed by atoms with E-state index in [1.807, 2.05) is 0 Å². The average molecular weight is 715 g/mol. The van der Waals surface area contributed by atoms with Crippen molar-refractivity contribution in [2.75, 3.05) is 0 Å². The van der Waals surface area contributed by atoms with Crippen molar-refractivity contribution in [3.05, 3.63) is 94.4 Å². The van der Waals surface area contributed by atoms with Gasteiger partial charge in [-0.2, -0.15) is 8.42 Å². The molecule has 0 atom stereocenters. The van der Waals surface area contributed by atoms with Gasteiger partial charge in [0.15, 0.2) is 21.7 Å². The predicted molar refractivity (Wildman–Crippen MR) is 171 cm³/mol. The van der Waals surface area contributed by atoms with E-state index in [2.05, 4.69) is 28.7 Å². The van der Waals surface area contributed by atoms with Crippen molar-refractivity contribution in [3.8, 4) is 0 Å². The Bertz CT molecular complexity index is 2860. The fourth-order valence-corrected chi connectivity index (χ4v) is 7.13. The molecule has 0 radical (unpaired) electrons. The minimum Gasteiger partial charge on any atom is -0.289 e. The molecule has 47 heavy (non-hydrogen) atoms. The molecule has 3 N–H and O–H groups in total. The highest BCUT2D eigenvalue weighted by Crippen LogP contribution is 2.36. The van der Waals surface area contributed by atoms with Crippen LogP contribution >= 0.6 is 35.7 Å². The molecule has 15 nitrogen and oxygen atoms in total. The van der Waals surface area contributed by atoms with E-state index in [-0.39, 0.29) is 75.1 Å². The number of benzene rings is 6. The second-order valence-electron chi connectivity index (χ2n) is 9.85. The van der Waals surface area contributed by atoms with E-state index >= 15 is 0 Å². The summed E-state index contributed by atoms with van der Waals surface area (Å²) in [6.45, 7) is 0. The summed E-state index contributed by atoms with van der Waals surface area (Å²) in [6, 6.07) is 9.50. The van der Waals surface area contributed by atoms with Crippen LogP contribution < -0.4 is 21.7 Å². The summed E-state index contributed by atoms with van der Waals surface area (Å²) < 4.78 is 42.2. The monoisotopic (exact) mass is 714 g/mol. The number of aromatic nitrogens is 2. The Hall–Kier alpha value is -4.18. The fraction of sp³-hybridized carbons (Fsp3) is 0. The normalized spacial score (nSPS) is 12.4. The molecule has 0 saturated carbocycles. The molecule has 0 aliphatic rings. The van der Waals surface area contributed by atoms with E-state index < -0.39 is 36.7 Å². The Kier molecular flexibility index (Phi) is 7.69. The lowest BCUT2D eigenvalue weighted by Gasteiger charge is -2.12. The quantitative estimate of drug-likeness (QED) is 0.0517. The Labute approximate surface area is 271 Å². The fourth-order valence-electron chi connectivity index (χ4n) is 5.49. The van der Waals surface area contributed by atoms with Gasteiger partial charge in [-0.15, -0.1) is 8.67 Å². The maximum Gasteiger partial charge on any atom is 0.294 e. The van der Waals surface area contributed by atoms with Crippen LogP contribution in [0.3, 0.4) is 0 Å². The van der Waals surface area contributed by atoms with Crippen LogP contribution in [0.1, 0.15) is 0 Å². The number of hydrogen-bond acceptors (Lipinski definition) is 16. The van der Waals surface area contributed by atoms with Gasteiger partial charge < -0.3 is 0 Å². The van der Waals surface area contributed by atoms with E-state index in [0.29, 0.717) is 29.0 Å². The van der Waals surface area contributed by atoms with Crippen LogP contribution in [0.25, 0.3) is 65.2 Å². The van der Waals surface area contributed by atoms with Crippen LogP contribution in [-0.4, -0.2) is 33.5 Å². The van der Waals surface area contributed by atoms with Crippen molar-refractivity contribution >= 4 is 111 Å². The zero-order valence-electron chi connectivity index (χ0n) is 22.5. The first-order valence-electron chi connectivity index (χ1n) is 12.7.